The molecule has 3 heterocycles. The quantitative estimate of drug-likeness (QED) is 0.318. The predicted octanol–water partition coefficient (Wildman–Crippen LogP) is 5.47. The second kappa shape index (κ2) is 12.2. The molecule has 2 aromatic rings. The highest BCUT2D eigenvalue weighted by Crippen LogP contribution is 2.37. The average Bonchev–Trinajstić information content (AvgIpc) is 3.18. The molecular formula is C29H34N4O3S2. The number of thiocarbonyl (C=S) groups is 1. The van der Waals surface area contributed by atoms with Gasteiger partial charge in [-0.3, -0.25) is 19.1 Å². The first-order valence-corrected chi connectivity index (χ1v) is 14.3. The number of hydrogen-bond donors (Lipinski definition) is 0. The molecule has 9 heteroatoms. The van der Waals surface area contributed by atoms with Crippen molar-refractivity contribution in [1.29, 1.82) is 5.26 Å². The van der Waals surface area contributed by atoms with Crippen molar-refractivity contribution < 1.29 is 9.53 Å². The number of thioether (sulfide) groups is 1. The lowest BCUT2D eigenvalue weighted by Crippen LogP contribution is -2.39. The lowest BCUT2D eigenvalue weighted by atomic mass is 9.97. The molecule has 38 heavy (non-hydrogen) atoms. The fourth-order valence-electron chi connectivity index (χ4n) is 4.91. The summed E-state index contributed by atoms with van der Waals surface area (Å²) in [6, 6.07) is 9.70. The van der Waals surface area contributed by atoms with E-state index < -0.39 is 0 Å². The van der Waals surface area contributed by atoms with E-state index in [2.05, 4.69) is 24.8 Å². The number of unbranched alkanes of at least 4 members (excludes halogenated alkanes) is 1. The summed E-state index contributed by atoms with van der Waals surface area (Å²) in [5, 5.41) is 9.90. The SMILES string of the molecule is CCCCn1c(N2CCC(C)CC2)c(C=C2SC(=S)N(Cc3ccc(OC)cc3)C2=O)c(C)c(C#N)c1=O. The van der Waals surface area contributed by atoms with Crippen LogP contribution in [0.3, 0.4) is 0 Å². The zero-order chi connectivity index (χ0) is 27.4. The van der Waals surface area contributed by atoms with Gasteiger partial charge in [-0.25, -0.2) is 0 Å². The number of hydrogen-bond acceptors (Lipinski definition) is 7. The van der Waals surface area contributed by atoms with Crippen LogP contribution in [-0.4, -0.2) is 39.9 Å². The molecule has 0 radical (unpaired) electrons. The van der Waals surface area contributed by atoms with Crippen LogP contribution < -0.4 is 15.2 Å². The van der Waals surface area contributed by atoms with E-state index in [-0.39, 0.29) is 17.0 Å². The lowest BCUT2D eigenvalue weighted by molar-refractivity contribution is -0.122. The summed E-state index contributed by atoms with van der Waals surface area (Å²) in [5.74, 6) is 2.02. The van der Waals surface area contributed by atoms with Crippen molar-refractivity contribution in [2.45, 2.75) is 59.5 Å². The van der Waals surface area contributed by atoms with E-state index in [0.29, 0.717) is 33.8 Å². The van der Waals surface area contributed by atoms with Gasteiger partial charge in [-0.05, 0) is 61.4 Å². The van der Waals surface area contributed by atoms with Crippen LogP contribution >= 0.6 is 24.0 Å². The Bertz CT molecular complexity index is 1350. The Hall–Kier alpha value is -3.09. The number of rotatable bonds is 8. The summed E-state index contributed by atoms with van der Waals surface area (Å²) in [4.78, 5) is 31.4. The number of anilines is 1. The van der Waals surface area contributed by atoms with Gasteiger partial charge < -0.3 is 9.64 Å². The van der Waals surface area contributed by atoms with Crippen molar-refractivity contribution in [3.05, 3.63) is 61.8 Å². The molecule has 0 aliphatic carbocycles. The molecule has 2 aliphatic heterocycles. The van der Waals surface area contributed by atoms with Gasteiger partial charge in [0.05, 0.1) is 18.6 Å². The smallest absolute Gasteiger partial charge is 0.270 e. The topological polar surface area (TPSA) is 78.6 Å². The number of nitriles is 1. The zero-order valence-electron chi connectivity index (χ0n) is 22.5. The third kappa shape index (κ3) is 5.67. The Balaban J connectivity index is 1.78. The third-order valence-corrected chi connectivity index (χ3v) is 8.69. The molecule has 200 valence electrons. The minimum atomic E-state index is -0.253. The standard InChI is InChI=1S/C29H34N4O3S2/c1-5-6-13-32-26(31-14-11-19(2)12-15-31)23(20(3)24(17-30)27(32)34)16-25-28(35)33(29(37)38-25)18-21-7-9-22(36-4)10-8-21/h7-10,16,19H,5-6,11-15,18H2,1-4H3. The van der Waals surface area contributed by atoms with Gasteiger partial charge in [0.15, 0.2) is 0 Å². The van der Waals surface area contributed by atoms with Gasteiger partial charge in [0, 0.05) is 25.2 Å². The Morgan fingerprint density at radius 2 is 1.89 bits per heavy atom. The number of piperidine rings is 1. The number of nitrogens with zero attached hydrogens (tertiary/aromatic N) is 4. The van der Waals surface area contributed by atoms with Crippen LogP contribution in [0.5, 0.6) is 5.75 Å². The number of benzene rings is 1. The summed E-state index contributed by atoms with van der Waals surface area (Å²) < 4.78 is 7.48. The number of methoxy groups -OCH3 is 1. The molecule has 1 aromatic heterocycles. The van der Waals surface area contributed by atoms with Crippen molar-refractivity contribution >= 4 is 46.1 Å². The fraction of sp³-hybridized carbons (Fsp3) is 0.448. The van der Waals surface area contributed by atoms with Gasteiger partial charge in [0.2, 0.25) is 0 Å². The maximum atomic E-state index is 13.5. The van der Waals surface area contributed by atoms with E-state index in [1.165, 1.54) is 11.8 Å². The Morgan fingerprint density at radius 3 is 2.50 bits per heavy atom. The minimum absolute atomic E-state index is 0.134. The van der Waals surface area contributed by atoms with Crippen molar-refractivity contribution in [3.63, 3.8) is 0 Å². The minimum Gasteiger partial charge on any atom is -0.497 e. The Labute approximate surface area is 234 Å². The monoisotopic (exact) mass is 550 g/mol. The van der Waals surface area contributed by atoms with Gasteiger partial charge in [-0.15, -0.1) is 0 Å². The molecule has 2 saturated heterocycles. The lowest BCUT2D eigenvalue weighted by Gasteiger charge is -2.35. The summed E-state index contributed by atoms with van der Waals surface area (Å²) in [5.41, 5.74) is 2.20. The van der Waals surface area contributed by atoms with Crippen molar-refractivity contribution in [3.8, 4) is 11.8 Å². The molecule has 0 saturated carbocycles. The molecule has 2 fully saturated rings. The zero-order valence-corrected chi connectivity index (χ0v) is 24.1. The molecule has 4 rings (SSSR count). The van der Waals surface area contributed by atoms with Crippen molar-refractivity contribution in [2.24, 2.45) is 5.92 Å². The molecule has 0 N–H and O–H groups in total. The molecule has 2 aliphatic rings. The summed E-state index contributed by atoms with van der Waals surface area (Å²) in [6.45, 7) is 8.70. The highest BCUT2D eigenvalue weighted by molar-refractivity contribution is 8.26. The van der Waals surface area contributed by atoms with Gasteiger partial charge in [-0.1, -0.05) is 56.4 Å². The number of ether oxygens (including phenoxy) is 1. The van der Waals surface area contributed by atoms with Gasteiger partial charge in [0.1, 0.15) is 27.5 Å². The molecule has 1 amide bonds. The maximum absolute atomic E-state index is 13.5. The van der Waals surface area contributed by atoms with E-state index in [4.69, 9.17) is 17.0 Å². The Kier molecular flexibility index (Phi) is 8.95. The maximum Gasteiger partial charge on any atom is 0.270 e. The summed E-state index contributed by atoms with van der Waals surface area (Å²) >= 11 is 6.86. The van der Waals surface area contributed by atoms with E-state index in [1.807, 2.05) is 37.3 Å². The first kappa shape index (κ1) is 27.9. The second-order valence-electron chi connectivity index (χ2n) is 9.94. The van der Waals surface area contributed by atoms with Crippen LogP contribution in [-0.2, 0) is 17.9 Å². The summed E-state index contributed by atoms with van der Waals surface area (Å²) in [6.07, 6.45) is 5.67. The van der Waals surface area contributed by atoms with Crippen LogP contribution in [0.2, 0.25) is 0 Å². The number of pyridine rings is 1. The fourth-order valence-corrected chi connectivity index (χ4v) is 6.15. The van der Waals surface area contributed by atoms with Crippen LogP contribution in [0, 0.1) is 24.2 Å². The second-order valence-corrected chi connectivity index (χ2v) is 11.6. The molecular weight excluding hydrogens is 516 g/mol. The van der Waals surface area contributed by atoms with E-state index in [0.717, 1.165) is 61.5 Å². The van der Waals surface area contributed by atoms with Gasteiger partial charge in [0.25, 0.3) is 11.5 Å². The van der Waals surface area contributed by atoms with Crippen molar-refractivity contribution in [2.75, 3.05) is 25.1 Å². The number of carbonyl (C=O) groups is 1. The molecule has 0 atom stereocenters. The molecule has 7 nitrogen and oxygen atoms in total. The number of amides is 1. The number of carbonyl (C=O) groups excluding carboxylic acids is 1. The molecule has 0 unspecified atom stereocenters. The van der Waals surface area contributed by atoms with E-state index in [9.17, 15) is 14.9 Å². The normalized spacial score (nSPS) is 17.4. The van der Waals surface area contributed by atoms with E-state index in [1.54, 1.807) is 16.6 Å². The van der Waals surface area contributed by atoms with Crippen LogP contribution in [0.4, 0.5) is 5.82 Å². The van der Waals surface area contributed by atoms with Crippen LogP contribution in [0.15, 0.2) is 34.0 Å². The predicted molar refractivity (Wildman–Crippen MR) is 157 cm³/mol. The van der Waals surface area contributed by atoms with Gasteiger partial charge >= 0.3 is 0 Å². The molecule has 1 aromatic carbocycles. The first-order chi connectivity index (χ1) is 18.3. The summed E-state index contributed by atoms with van der Waals surface area (Å²) in [7, 11) is 1.62. The number of aromatic nitrogens is 1. The largest absolute Gasteiger partial charge is 0.497 e. The average molecular weight is 551 g/mol. The Morgan fingerprint density at radius 1 is 1.21 bits per heavy atom. The molecule has 0 bridgehead atoms. The highest BCUT2D eigenvalue weighted by Gasteiger charge is 2.33. The highest BCUT2D eigenvalue weighted by atomic mass is 32.2. The van der Waals surface area contributed by atoms with Gasteiger partial charge in [-0.2, -0.15) is 5.26 Å². The van der Waals surface area contributed by atoms with E-state index >= 15 is 0 Å². The van der Waals surface area contributed by atoms with Crippen LogP contribution in [0.1, 0.15) is 61.8 Å². The van der Waals surface area contributed by atoms with Crippen molar-refractivity contribution in [1.82, 2.24) is 9.47 Å². The van der Waals surface area contributed by atoms with Crippen LogP contribution in [0.25, 0.3) is 6.08 Å². The first-order valence-electron chi connectivity index (χ1n) is 13.1. The third-order valence-electron chi connectivity index (χ3n) is 7.31. The molecule has 0 spiro atoms.